The third-order valence-corrected chi connectivity index (χ3v) is 6.13. The first kappa shape index (κ1) is 22.3. The molecule has 7 nitrogen and oxygen atoms in total. The van der Waals surface area contributed by atoms with Crippen molar-refractivity contribution >= 4 is 45.9 Å². The molecule has 3 N–H and O–H groups in total. The van der Waals surface area contributed by atoms with Crippen LogP contribution in [-0.2, 0) is 0 Å². The number of phenolic OH excluding ortho intramolecular Hbond substituents is 1. The summed E-state index contributed by atoms with van der Waals surface area (Å²) in [6.07, 6.45) is 3.08. The highest BCUT2D eigenvalue weighted by Gasteiger charge is 2.14. The molecule has 0 saturated heterocycles. The lowest BCUT2D eigenvalue weighted by Crippen LogP contribution is -2.12. The van der Waals surface area contributed by atoms with Gasteiger partial charge < -0.3 is 15.7 Å². The highest BCUT2D eigenvalue weighted by atomic mass is 32.2. The molecule has 0 unspecified atom stereocenters. The Hall–Kier alpha value is -4.50. The van der Waals surface area contributed by atoms with Crippen LogP contribution >= 0.6 is 11.8 Å². The molecule has 1 amide bonds. The number of anilines is 3. The molecule has 2 heterocycles. The molecule has 0 bridgehead atoms. The fourth-order valence-electron chi connectivity index (χ4n) is 3.39. The Morgan fingerprint density at radius 1 is 0.914 bits per heavy atom. The third kappa shape index (κ3) is 5.20. The summed E-state index contributed by atoms with van der Waals surface area (Å²) < 4.78 is 13.5. The fourth-order valence-corrected chi connectivity index (χ4v) is 4.27. The summed E-state index contributed by atoms with van der Waals surface area (Å²) in [6, 6.07) is 21.4. The van der Waals surface area contributed by atoms with E-state index in [9.17, 15) is 14.3 Å². The monoisotopic (exact) mass is 483 g/mol. The number of hydrogen-bond donors (Lipinski definition) is 3. The lowest BCUT2D eigenvalue weighted by atomic mass is 10.1. The minimum atomic E-state index is -0.435. The first-order valence-corrected chi connectivity index (χ1v) is 11.4. The Balaban J connectivity index is 1.51. The molecule has 9 heteroatoms. The van der Waals surface area contributed by atoms with E-state index in [2.05, 4.69) is 25.6 Å². The normalized spacial score (nSPS) is 10.8. The number of rotatable bonds is 6. The summed E-state index contributed by atoms with van der Waals surface area (Å²) in [6.45, 7) is 0. The van der Waals surface area contributed by atoms with Crippen molar-refractivity contribution in [1.82, 2.24) is 15.0 Å². The van der Waals surface area contributed by atoms with E-state index in [0.717, 1.165) is 15.2 Å². The zero-order valence-electron chi connectivity index (χ0n) is 18.1. The molecule has 35 heavy (non-hydrogen) atoms. The number of phenols is 1. The van der Waals surface area contributed by atoms with Gasteiger partial charge in [0, 0.05) is 27.2 Å². The number of amides is 1. The van der Waals surface area contributed by atoms with Gasteiger partial charge in [-0.3, -0.25) is 4.79 Å². The molecular weight excluding hydrogens is 465 g/mol. The molecule has 172 valence electrons. The second kappa shape index (κ2) is 9.78. The number of benzene rings is 3. The van der Waals surface area contributed by atoms with Gasteiger partial charge in [-0.1, -0.05) is 17.8 Å². The first-order chi connectivity index (χ1) is 17.0. The Labute approximate surface area is 204 Å². The highest BCUT2D eigenvalue weighted by molar-refractivity contribution is 7.99. The maximum atomic E-state index is 13.5. The van der Waals surface area contributed by atoms with Crippen molar-refractivity contribution < 1.29 is 14.3 Å². The Morgan fingerprint density at radius 2 is 1.77 bits per heavy atom. The predicted octanol–water partition coefficient (Wildman–Crippen LogP) is 6.02. The summed E-state index contributed by atoms with van der Waals surface area (Å²) in [5.74, 6) is -0.0977. The number of nitrogens with zero attached hydrogens (tertiary/aromatic N) is 3. The Kier molecular flexibility index (Phi) is 6.23. The van der Waals surface area contributed by atoms with Crippen molar-refractivity contribution in [2.75, 3.05) is 10.6 Å². The van der Waals surface area contributed by atoms with Crippen LogP contribution in [0.4, 0.5) is 21.6 Å². The number of carbonyl (C=O) groups is 1. The van der Waals surface area contributed by atoms with E-state index in [4.69, 9.17) is 0 Å². The van der Waals surface area contributed by atoms with Crippen molar-refractivity contribution in [2.45, 2.75) is 9.79 Å². The number of fused-ring (bicyclic) bond motifs is 1. The van der Waals surface area contributed by atoms with Gasteiger partial charge in [0.1, 0.15) is 23.7 Å². The summed E-state index contributed by atoms with van der Waals surface area (Å²) in [5, 5.41) is 16.4. The van der Waals surface area contributed by atoms with Crippen molar-refractivity contribution in [3.63, 3.8) is 0 Å². The van der Waals surface area contributed by atoms with Gasteiger partial charge in [0.2, 0.25) is 0 Å². The van der Waals surface area contributed by atoms with Crippen LogP contribution in [0.1, 0.15) is 10.4 Å². The lowest BCUT2D eigenvalue weighted by Gasteiger charge is -2.14. The van der Waals surface area contributed by atoms with Crippen LogP contribution in [0.5, 0.6) is 5.75 Å². The van der Waals surface area contributed by atoms with Gasteiger partial charge in [-0.15, -0.1) is 0 Å². The van der Waals surface area contributed by atoms with Gasteiger partial charge >= 0.3 is 0 Å². The van der Waals surface area contributed by atoms with Gasteiger partial charge in [-0.05, 0) is 72.8 Å². The van der Waals surface area contributed by atoms with Crippen LogP contribution in [-0.4, -0.2) is 26.0 Å². The van der Waals surface area contributed by atoms with E-state index in [1.54, 1.807) is 54.7 Å². The third-order valence-electron chi connectivity index (χ3n) is 5.05. The van der Waals surface area contributed by atoms with Crippen LogP contribution < -0.4 is 10.6 Å². The quantitative estimate of drug-likeness (QED) is 0.272. The standard InChI is InChI=1S/C26H18FN5O2S/c27-17-3-1-4-18(14-17)31-26(34)16-6-11-23(35-20-9-7-19(33)8-10-20)22(13-16)32-25-21-5-2-12-28-24(21)29-15-30-25/h1-15,33H,(H,31,34)(H,28,29,30,32). The number of aromatic hydroxyl groups is 1. The summed E-state index contributed by atoms with van der Waals surface area (Å²) >= 11 is 1.46. The molecule has 0 atom stereocenters. The zero-order valence-corrected chi connectivity index (χ0v) is 19.0. The summed E-state index contributed by atoms with van der Waals surface area (Å²) in [5.41, 5.74) is 1.92. The number of pyridine rings is 1. The average Bonchev–Trinajstić information content (AvgIpc) is 2.86. The Bertz CT molecular complexity index is 1520. The van der Waals surface area contributed by atoms with E-state index >= 15 is 0 Å². The maximum absolute atomic E-state index is 13.5. The van der Waals surface area contributed by atoms with E-state index in [-0.39, 0.29) is 11.7 Å². The molecule has 2 aromatic heterocycles. The number of aromatic nitrogens is 3. The second-order valence-electron chi connectivity index (χ2n) is 7.49. The SMILES string of the molecule is O=C(Nc1cccc(F)c1)c1ccc(Sc2ccc(O)cc2)c(Nc2ncnc3ncccc23)c1. The van der Waals surface area contributed by atoms with Gasteiger partial charge in [-0.25, -0.2) is 19.3 Å². The average molecular weight is 484 g/mol. The van der Waals surface area contributed by atoms with Crippen LogP contribution in [0.3, 0.4) is 0 Å². The van der Waals surface area contributed by atoms with Crippen molar-refractivity contribution in [3.05, 3.63) is 103 Å². The molecule has 5 aromatic rings. The van der Waals surface area contributed by atoms with E-state index in [1.807, 2.05) is 12.1 Å². The Morgan fingerprint density at radius 3 is 2.60 bits per heavy atom. The molecule has 0 aliphatic rings. The molecule has 0 spiro atoms. The van der Waals surface area contributed by atoms with E-state index < -0.39 is 5.82 Å². The summed E-state index contributed by atoms with van der Waals surface area (Å²) in [4.78, 5) is 27.5. The van der Waals surface area contributed by atoms with Gasteiger partial charge in [0.05, 0.1) is 11.1 Å². The highest BCUT2D eigenvalue weighted by Crippen LogP contribution is 2.37. The molecule has 0 radical (unpaired) electrons. The fraction of sp³-hybridized carbons (Fsp3) is 0. The van der Waals surface area contributed by atoms with Crippen LogP contribution in [0.2, 0.25) is 0 Å². The lowest BCUT2D eigenvalue weighted by molar-refractivity contribution is 0.102. The minimum absolute atomic E-state index is 0.178. The molecule has 0 fully saturated rings. The molecule has 0 saturated carbocycles. The van der Waals surface area contributed by atoms with E-state index in [1.165, 1.54) is 36.3 Å². The van der Waals surface area contributed by atoms with Crippen LogP contribution in [0.15, 0.2) is 101 Å². The van der Waals surface area contributed by atoms with E-state index in [0.29, 0.717) is 28.4 Å². The van der Waals surface area contributed by atoms with Gasteiger partial charge in [0.15, 0.2) is 5.65 Å². The van der Waals surface area contributed by atoms with Gasteiger partial charge in [0.25, 0.3) is 5.91 Å². The molecule has 0 aliphatic heterocycles. The number of nitrogens with one attached hydrogen (secondary N) is 2. The maximum Gasteiger partial charge on any atom is 0.255 e. The summed E-state index contributed by atoms with van der Waals surface area (Å²) in [7, 11) is 0. The number of halogens is 1. The second-order valence-corrected chi connectivity index (χ2v) is 8.61. The first-order valence-electron chi connectivity index (χ1n) is 10.6. The number of carbonyl (C=O) groups excluding carboxylic acids is 1. The van der Waals surface area contributed by atoms with Crippen LogP contribution in [0.25, 0.3) is 11.0 Å². The van der Waals surface area contributed by atoms with Crippen molar-refractivity contribution in [2.24, 2.45) is 0 Å². The number of hydrogen-bond acceptors (Lipinski definition) is 7. The zero-order chi connectivity index (χ0) is 24.2. The largest absolute Gasteiger partial charge is 0.508 e. The predicted molar refractivity (Wildman–Crippen MR) is 134 cm³/mol. The van der Waals surface area contributed by atoms with Crippen LogP contribution in [0, 0.1) is 5.82 Å². The minimum Gasteiger partial charge on any atom is -0.508 e. The van der Waals surface area contributed by atoms with Crippen molar-refractivity contribution in [3.8, 4) is 5.75 Å². The molecule has 0 aliphatic carbocycles. The van der Waals surface area contributed by atoms with Gasteiger partial charge in [-0.2, -0.15) is 0 Å². The topological polar surface area (TPSA) is 100 Å². The molecular formula is C26H18FN5O2S. The smallest absolute Gasteiger partial charge is 0.255 e. The van der Waals surface area contributed by atoms with Crippen molar-refractivity contribution in [1.29, 1.82) is 0 Å². The molecule has 3 aromatic carbocycles. The molecule has 5 rings (SSSR count).